The molecule has 0 bridgehead atoms. The zero-order valence-corrected chi connectivity index (χ0v) is 15.7. The molecule has 0 aliphatic carbocycles. The standard InChI is InChI=1S/C19H15BrN6O/c20-15-8-4-5-13(9-15)11-26-12-21-19(25-26)22-18(27)17-10-16(23-24-17)14-6-2-1-3-7-14/h1-10,12H,11H2,(H,23,24)(H,22,25,27). The molecule has 134 valence electrons. The number of nitrogens with one attached hydrogen (secondary N) is 2. The number of aromatic nitrogens is 5. The number of amides is 1. The van der Waals surface area contributed by atoms with Gasteiger partial charge in [-0.15, -0.1) is 5.10 Å². The van der Waals surface area contributed by atoms with Crippen molar-refractivity contribution < 1.29 is 4.79 Å². The average Bonchev–Trinajstić information content (AvgIpc) is 3.32. The fraction of sp³-hybridized carbons (Fsp3) is 0.0526. The maximum absolute atomic E-state index is 12.4. The molecule has 0 saturated carbocycles. The van der Waals surface area contributed by atoms with Crippen molar-refractivity contribution in [3.63, 3.8) is 0 Å². The Morgan fingerprint density at radius 3 is 2.78 bits per heavy atom. The third-order valence-electron chi connectivity index (χ3n) is 3.89. The van der Waals surface area contributed by atoms with Crippen molar-refractivity contribution in [3.05, 3.63) is 82.7 Å². The topological polar surface area (TPSA) is 88.5 Å². The van der Waals surface area contributed by atoms with Crippen molar-refractivity contribution >= 4 is 27.8 Å². The second-order valence-electron chi connectivity index (χ2n) is 5.88. The summed E-state index contributed by atoms with van der Waals surface area (Å²) in [5, 5.41) is 13.9. The highest BCUT2D eigenvalue weighted by Crippen LogP contribution is 2.17. The highest BCUT2D eigenvalue weighted by Gasteiger charge is 2.13. The highest BCUT2D eigenvalue weighted by molar-refractivity contribution is 9.10. The van der Waals surface area contributed by atoms with Gasteiger partial charge in [-0.3, -0.25) is 15.2 Å². The van der Waals surface area contributed by atoms with Crippen molar-refractivity contribution in [2.75, 3.05) is 5.32 Å². The van der Waals surface area contributed by atoms with Crippen molar-refractivity contribution in [1.82, 2.24) is 25.0 Å². The summed E-state index contributed by atoms with van der Waals surface area (Å²) in [4.78, 5) is 16.5. The largest absolute Gasteiger partial charge is 0.288 e. The molecule has 4 aromatic rings. The third kappa shape index (κ3) is 4.12. The third-order valence-corrected chi connectivity index (χ3v) is 4.38. The second-order valence-corrected chi connectivity index (χ2v) is 6.80. The molecule has 8 heteroatoms. The van der Waals surface area contributed by atoms with Gasteiger partial charge in [0.15, 0.2) is 0 Å². The fourth-order valence-electron chi connectivity index (χ4n) is 2.61. The van der Waals surface area contributed by atoms with Crippen molar-refractivity contribution in [3.8, 4) is 11.3 Å². The number of carbonyl (C=O) groups excluding carboxylic acids is 1. The molecule has 2 aromatic carbocycles. The highest BCUT2D eigenvalue weighted by atomic mass is 79.9. The van der Waals surface area contributed by atoms with E-state index in [1.165, 1.54) is 0 Å². The average molecular weight is 423 g/mol. The van der Waals surface area contributed by atoms with Gasteiger partial charge in [0.1, 0.15) is 12.0 Å². The molecule has 0 saturated heterocycles. The van der Waals surface area contributed by atoms with Crippen LogP contribution in [0.2, 0.25) is 0 Å². The van der Waals surface area contributed by atoms with Crippen molar-refractivity contribution in [1.29, 1.82) is 0 Å². The van der Waals surface area contributed by atoms with Crippen LogP contribution in [0.15, 0.2) is 71.5 Å². The molecule has 0 spiro atoms. The molecular weight excluding hydrogens is 408 g/mol. The number of aromatic amines is 1. The summed E-state index contributed by atoms with van der Waals surface area (Å²) < 4.78 is 2.67. The predicted octanol–water partition coefficient (Wildman–Crippen LogP) is 3.73. The first-order chi connectivity index (χ1) is 13.2. The van der Waals surface area contributed by atoms with Crippen molar-refractivity contribution in [2.45, 2.75) is 6.54 Å². The molecule has 0 aliphatic heterocycles. The van der Waals surface area contributed by atoms with Gasteiger partial charge in [-0.25, -0.2) is 9.67 Å². The lowest BCUT2D eigenvalue weighted by Gasteiger charge is -2.01. The second kappa shape index (κ2) is 7.55. The summed E-state index contributed by atoms with van der Waals surface area (Å²) in [5.41, 5.74) is 3.06. The summed E-state index contributed by atoms with van der Waals surface area (Å²) in [7, 11) is 0. The summed E-state index contributed by atoms with van der Waals surface area (Å²) in [5.74, 6) is -0.101. The summed E-state index contributed by atoms with van der Waals surface area (Å²) in [6.45, 7) is 0.560. The molecule has 0 radical (unpaired) electrons. The van der Waals surface area contributed by atoms with Gasteiger partial charge in [0.2, 0.25) is 5.95 Å². The van der Waals surface area contributed by atoms with E-state index in [-0.39, 0.29) is 11.9 Å². The van der Waals surface area contributed by atoms with Crippen molar-refractivity contribution in [2.24, 2.45) is 0 Å². The van der Waals surface area contributed by atoms with Crippen LogP contribution >= 0.6 is 15.9 Å². The number of rotatable bonds is 5. The Morgan fingerprint density at radius 1 is 1.11 bits per heavy atom. The minimum absolute atomic E-state index is 0.242. The molecule has 0 unspecified atom stereocenters. The van der Waals surface area contributed by atoms with Gasteiger partial charge in [0, 0.05) is 10.0 Å². The van der Waals surface area contributed by atoms with Crippen LogP contribution < -0.4 is 5.32 Å². The van der Waals surface area contributed by atoms with E-state index in [1.54, 1.807) is 17.1 Å². The van der Waals surface area contributed by atoms with Crippen LogP contribution in [0.4, 0.5) is 5.95 Å². The van der Waals surface area contributed by atoms with Crippen LogP contribution in [-0.2, 0) is 6.54 Å². The van der Waals surface area contributed by atoms with Gasteiger partial charge >= 0.3 is 0 Å². The number of hydrogen-bond donors (Lipinski definition) is 2. The Morgan fingerprint density at radius 2 is 1.96 bits per heavy atom. The molecule has 0 atom stereocenters. The summed E-state index contributed by atoms with van der Waals surface area (Å²) >= 11 is 3.45. The quantitative estimate of drug-likeness (QED) is 0.512. The van der Waals surface area contributed by atoms with E-state index in [2.05, 4.69) is 41.5 Å². The predicted molar refractivity (Wildman–Crippen MR) is 105 cm³/mol. The molecule has 0 fully saturated rings. The molecule has 0 aliphatic rings. The lowest BCUT2D eigenvalue weighted by atomic mass is 10.1. The van der Waals surface area contributed by atoms with Crippen LogP contribution in [-0.4, -0.2) is 30.9 Å². The number of carbonyl (C=O) groups is 1. The van der Waals surface area contributed by atoms with E-state index in [1.807, 2.05) is 54.6 Å². The summed E-state index contributed by atoms with van der Waals surface area (Å²) in [6, 6.07) is 19.3. The SMILES string of the molecule is O=C(Nc1ncn(Cc2cccc(Br)c2)n1)c1cc(-c2ccccc2)n[nH]1. The Bertz CT molecular complexity index is 1070. The summed E-state index contributed by atoms with van der Waals surface area (Å²) in [6.07, 6.45) is 1.58. The maximum Gasteiger partial charge on any atom is 0.276 e. The van der Waals surface area contributed by atoms with Crippen LogP contribution in [0, 0.1) is 0 Å². The first kappa shape index (κ1) is 17.2. The monoisotopic (exact) mass is 422 g/mol. The van der Waals surface area contributed by atoms with Crippen LogP contribution in [0.3, 0.4) is 0 Å². The van der Waals surface area contributed by atoms with Gasteiger partial charge in [-0.2, -0.15) is 5.10 Å². The van der Waals surface area contributed by atoms with E-state index >= 15 is 0 Å². The van der Waals surface area contributed by atoms with Gasteiger partial charge in [-0.1, -0.05) is 58.4 Å². The number of halogens is 1. The van der Waals surface area contributed by atoms with E-state index in [4.69, 9.17) is 0 Å². The molecule has 2 N–H and O–H groups in total. The zero-order valence-electron chi connectivity index (χ0n) is 14.1. The Hall–Kier alpha value is -3.26. The molecule has 2 aromatic heterocycles. The molecular formula is C19H15BrN6O. The number of anilines is 1. The minimum Gasteiger partial charge on any atom is -0.288 e. The number of H-pyrrole nitrogens is 1. The zero-order chi connectivity index (χ0) is 18.6. The van der Waals surface area contributed by atoms with Gasteiger partial charge in [0.05, 0.1) is 12.2 Å². The molecule has 27 heavy (non-hydrogen) atoms. The van der Waals surface area contributed by atoms with Crippen LogP contribution in [0.5, 0.6) is 0 Å². The Kier molecular flexibility index (Phi) is 4.80. The van der Waals surface area contributed by atoms with Gasteiger partial charge in [-0.05, 0) is 23.8 Å². The van der Waals surface area contributed by atoms with E-state index in [0.29, 0.717) is 17.9 Å². The molecule has 1 amide bonds. The molecule has 4 rings (SSSR count). The Labute approximate surface area is 163 Å². The van der Waals surface area contributed by atoms with Crippen LogP contribution in [0.1, 0.15) is 16.1 Å². The van der Waals surface area contributed by atoms with E-state index in [9.17, 15) is 4.79 Å². The van der Waals surface area contributed by atoms with Gasteiger partial charge in [0.25, 0.3) is 5.91 Å². The van der Waals surface area contributed by atoms with E-state index < -0.39 is 0 Å². The Balaban J connectivity index is 1.43. The number of nitrogens with zero attached hydrogens (tertiary/aromatic N) is 4. The lowest BCUT2D eigenvalue weighted by molar-refractivity contribution is 0.102. The van der Waals surface area contributed by atoms with Crippen LogP contribution in [0.25, 0.3) is 11.3 Å². The maximum atomic E-state index is 12.4. The minimum atomic E-state index is -0.343. The molecule has 2 heterocycles. The smallest absolute Gasteiger partial charge is 0.276 e. The number of benzene rings is 2. The number of hydrogen-bond acceptors (Lipinski definition) is 4. The molecule has 7 nitrogen and oxygen atoms in total. The van der Waals surface area contributed by atoms with E-state index in [0.717, 1.165) is 15.6 Å². The lowest BCUT2D eigenvalue weighted by Crippen LogP contribution is -2.14. The van der Waals surface area contributed by atoms with Gasteiger partial charge < -0.3 is 0 Å². The normalized spacial score (nSPS) is 10.7. The fourth-order valence-corrected chi connectivity index (χ4v) is 3.06. The first-order valence-electron chi connectivity index (χ1n) is 8.23. The first-order valence-corrected chi connectivity index (χ1v) is 9.03.